The smallest absolute Gasteiger partial charge is 0.0950 e. The fraction of sp³-hybridized carbons (Fsp3) is 0.600. The summed E-state index contributed by atoms with van der Waals surface area (Å²) in [5.41, 5.74) is 2.55. The minimum atomic E-state index is 0.182. The van der Waals surface area contributed by atoms with E-state index in [1.807, 2.05) is 0 Å². The molecule has 5 heteroatoms. The molecule has 0 radical (unpaired) electrons. The summed E-state index contributed by atoms with van der Waals surface area (Å²) in [6.45, 7) is 7.10. The molecule has 0 saturated carbocycles. The summed E-state index contributed by atoms with van der Waals surface area (Å²) in [5.74, 6) is 0. The SMILES string of the molecule is CN1CCN(c2ccc(C3CNCCO3)cc2Br)CC1. The maximum atomic E-state index is 5.81. The standard InChI is InChI=1S/C15H22BrN3O/c1-18-5-7-19(8-6-18)14-3-2-12(10-13(14)16)15-11-17-4-9-20-15/h2-3,10,15,17H,4-9,11H2,1H3. The zero-order chi connectivity index (χ0) is 13.9. The highest BCUT2D eigenvalue weighted by atomic mass is 79.9. The molecule has 1 N–H and O–H groups in total. The zero-order valence-corrected chi connectivity index (χ0v) is 13.5. The second-order valence-electron chi connectivity index (χ2n) is 5.56. The number of nitrogens with one attached hydrogen (secondary N) is 1. The molecule has 4 nitrogen and oxygen atoms in total. The third kappa shape index (κ3) is 3.17. The van der Waals surface area contributed by atoms with Crippen molar-refractivity contribution in [2.75, 3.05) is 57.8 Å². The topological polar surface area (TPSA) is 27.7 Å². The number of nitrogens with zero attached hydrogens (tertiary/aromatic N) is 2. The van der Waals surface area contributed by atoms with E-state index in [4.69, 9.17) is 4.74 Å². The molecule has 1 aromatic rings. The van der Waals surface area contributed by atoms with Gasteiger partial charge in [-0.1, -0.05) is 6.07 Å². The molecule has 2 saturated heterocycles. The molecule has 1 aromatic carbocycles. The third-order valence-electron chi connectivity index (χ3n) is 4.12. The van der Waals surface area contributed by atoms with Crippen molar-refractivity contribution >= 4 is 21.6 Å². The fourth-order valence-corrected chi connectivity index (χ4v) is 3.45. The third-order valence-corrected chi connectivity index (χ3v) is 4.75. The maximum absolute atomic E-state index is 5.81. The van der Waals surface area contributed by atoms with Gasteiger partial charge < -0.3 is 19.9 Å². The largest absolute Gasteiger partial charge is 0.371 e. The number of piperazine rings is 1. The molecular weight excluding hydrogens is 318 g/mol. The van der Waals surface area contributed by atoms with Crippen molar-refractivity contribution in [1.29, 1.82) is 0 Å². The Morgan fingerprint density at radius 3 is 2.70 bits per heavy atom. The molecule has 2 heterocycles. The molecule has 0 spiro atoms. The number of anilines is 1. The lowest BCUT2D eigenvalue weighted by molar-refractivity contribution is 0.0277. The summed E-state index contributed by atoms with van der Waals surface area (Å²) in [7, 11) is 2.18. The lowest BCUT2D eigenvalue weighted by atomic mass is 10.1. The van der Waals surface area contributed by atoms with Crippen molar-refractivity contribution in [3.63, 3.8) is 0 Å². The quantitative estimate of drug-likeness (QED) is 0.890. The highest BCUT2D eigenvalue weighted by Crippen LogP contribution is 2.31. The van der Waals surface area contributed by atoms with Crippen molar-refractivity contribution in [1.82, 2.24) is 10.2 Å². The summed E-state index contributed by atoms with van der Waals surface area (Å²) >= 11 is 3.73. The first-order valence-corrected chi connectivity index (χ1v) is 8.08. The van der Waals surface area contributed by atoms with Crippen LogP contribution in [0, 0.1) is 0 Å². The lowest BCUT2D eigenvalue weighted by Crippen LogP contribution is -2.44. The van der Waals surface area contributed by atoms with Crippen LogP contribution in [0.5, 0.6) is 0 Å². The van der Waals surface area contributed by atoms with E-state index in [9.17, 15) is 0 Å². The predicted octanol–water partition coefficient (Wildman–Crippen LogP) is 1.86. The second-order valence-corrected chi connectivity index (χ2v) is 6.42. The number of likely N-dealkylation sites (N-methyl/N-ethyl adjacent to an activating group) is 1. The van der Waals surface area contributed by atoms with Gasteiger partial charge in [-0.15, -0.1) is 0 Å². The highest BCUT2D eigenvalue weighted by molar-refractivity contribution is 9.10. The summed E-state index contributed by atoms with van der Waals surface area (Å²) in [4.78, 5) is 4.83. The van der Waals surface area contributed by atoms with E-state index in [1.54, 1.807) is 0 Å². The molecule has 0 bridgehead atoms. The van der Waals surface area contributed by atoms with E-state index < -0.39 is 0 Å². The van der Waals surface area contributed by atoms with Gasteiger partial charge in [-0.25, -0.2) is 0 Å². The van der Waals surface area contributed by atoms with Gasteiger partial charge in [-0.3, -0.25) is 0 Å². The van der Waals surface area contributed by atoms with Crippen LogP contribution in [0.3, 0.4) is 0 Å². The highest BCUT2D eigenvalue weighted by Gasteiger charge is 2.19. The fourth-order valence-electron chi connectivity index (χ4n) is 2.81. The van der Waals surface area contributed by atoms with Gasteiger partial charge >= 0.3 is 0 Å². The van der Waals surface area contributed by atoms with Gasteiger partial charge in [0.05, 0.1) is 18.4 Å². The van der Waals surface area contributed by atoms with Crippen LogP contribution in [0.25, 0.3) is 0 Å². The second kappa shape index (κ2) is 6.43. The predicted molar refractivity (Wildman–Crippen MR) is 85.4 cm³/mol. The van der Waals surface area contributed by atoms with Gasteiger partial charge in [0.1, 0.15) is 0 Å². The normalized spacial score (nSPS) is 24.9. The Labute approximate surface area is 129 Å². The Morgan fingerprint density at radius 2 is 2.05 bits per heavy atom. The van der Waals surface area contributed by atoms with Crippen LogP contribution in [0.4, 0.5) is 5.69 Å². The zero-order valence-electron chi connectivity index (χ0n) is 11.9. The van der Waals surface area contributed by atoms with Gasteiger partial charge in [0, 0.05) is 43.7 Å². The van der Waals surface area contributed by atoms with Crippen LogP contribution in [0.2, 0.25) is 0 Å². The van der Waals surface area contributed by atoms with Crippen LogP contribution in [-0.4, -0.2) is 57.8 Å². The molecule has 2 aliphatic heterocycles. The molecule has 0 aliphatic carbocycles. The van der Waals surface area contributed by atoms with Gasteiger partial charge in [-0.2, -0.15) is 0 Å². The Hall–Kier alpha value is -0.620. The number of hydrogen-bond acceptors (Lipinski definition) is 4. The molecule has 0 aromatic heterocycles. The first-order valence-electron chi connectivity index (χ1n) is 7.29. The molecule has 2 fully saturated rings. The number of hydrogen-bond donors (Lipinski definition) is 1. The van der Waals surface area contributed by atoms with Crippen molar-refractivity contribution in [3.8, 4) is 0 Å². The van der Waals surface area contributed by atoms with Gasteiger partial charge in [-0.05, 0) is 40.7 Å². The Kier molecular flexibility index (Phi) is 4.61. The molecule has 1 unspecified atom stereocenters. The molecule has 0 amide bonds. The van der Waals surface area contributed by atoms with Crippen molar-refractivity contribution in [2.24, 2.45) is 0 Å². The van der Waals surface area contributed by atoms with Gasteiger partial charge in [0.15, 0.2) is 0 Å². The van der Waals surface area contributed by atoms with E-state index in [0.717, 1.165) is 45.9 Å². The molecule has 3 rings (SSSR count). The van der Waals surface area contributed by atoms with Crippen LogP contribution in [-0.2, 0) is 4.74 Å². The minimum absolute atomic E-state index is 0.182. The number of rotatable bonds is 2. The van der Waals surface area contributed by atoms with E-state index in [1.165, 1.54) is 15.7 Å². The van der Waals surface area contributed by atoms with Crippen molar-refractivity contribution < 1.29 is 4.74 Å². The Balaban J connectivity index is 1.73. The molecule has 2 aliphatic rings. The summed E-state index contributed by atoms with van der Waals surface area (Å²) in [6.07, 6.45) is 0.182. The Bertz CT molecular complexity index is 454. The van der Waals surface area contributed by atoms with Crippen LogP contribution >= 0.6 is 15.9 Å². The van der Waals surface area contributed by atoms with Gasteiger partial charge in [0.25, 0.3) is 0 Å². The minimum Gasteiger partial charge on any atom is -0.371 e. The summed E-state index contributed by atoms with van der Waals surface area (Å²) < 4.78 is 6.99. The molecule has 110 valence electrons. The first-order chi connectivity index (χ1) is 9.74. The van der Waals surface area contributed by atoms with Crippen LogP contribution < -0.4 is 10.2 Å². The monoisotopic (exact) mass is 339 g/mol. The van der Waals surface area contributed by atoms with E-state index >= 15 is 0 Å². The average molecular weight is 340 g/mol. The summed E-state index contributed by atoms with van der Waals surface area (Å²) in [6, 6.07) is 6.64. The molecular formula is C15H22BrN3O. The molecule has 1 atom stereocenters. The van der Waals surface area contributed by atoms with Gasteiger partial charge in [0.2, 0.25) is 0 Å². The number of benzene rings is 1. The average Bonchev–Trinajstić information content (AvgIpc) is 2.49. The number of halogens is 1. The van der Waals surface area contributed by atoms with Crippen LogP contribution in [0.1, 0.15) is 11.7 Å². The van der Waals surface area contributed by atoms with E-state index in [0.29, 0.717) is 0 Å². The Morgan fingerprint density at radius 1 is 1.25 bits per heavy atom. The number of ether oxygens (including phenoxy) is 1. The van der Waals surface area contributed by atoms with E-state index in [-0.39, 0.29) is 6.10 Å². The van der Waals surface area contributed by atoms with E-state index in [2.05, 4.69) is 56.3 Å². The lowest BCUT2D eigenvalue weighted by Gasteiger charge is -2.35. The first kappa shape index (κ1) is 14.3. The van der Waals surface area contributed by atoms with Crippen molar-refractivity contribution in [2.45, 2.75) is 6.10 Å². The maximum Gasteiger partial charge on any atom is 0.0950 e. The van der Waals surface area contributed by atoms with Crippen LogP contribution in [0.15, 0.2) is 22.7 Å². The molecule has 20 heavy (non-hydrogen) atoms. The number of morpholine rings is 1. The van der Waals surface area contributed by atoms with Crippen molar-refractivity contribution in [3.05, 3.63) is 28.2 Å². The summed E-state index contributed by atoms with van der Waals surface area (Å²) in [5, 5.41) is 3.38.